The van der Waals surface area contributed by atoms with Gasteiger partial charge in [-0.25, -0.2) is 0 Å². The van der Waals surface area contributed by atoms with Crippen molar-refractivity contribution in [3.8, 4) is 11.3 Å². The van der Waals surface area contributed by atoms with Crippen LogP contribution in [-0.2, 0) is 11.3 Å². The lowest BCUT2D eigenvalue weighted by Crippen LogP contribution is -2.59. The molecular formula is C22H32N4O. The molecule has 0 unspecified atom stereocenters. The minimum absolute atomic E-state index is 0.256. The van der Waals surface area contributed by atoms with Gasteiger partial charge in [0.05, 0.1) is 11.9 Å². The number of benzene rings is 1. The second-order valence-electron chi connectivity index (χ2n) is 8.12. The summed E-state index contributed by atoms with van der Waals surface area (Å²) >= 11 is 0. The fraction of sp³-hybridized carbons (Fsp3) is 0.591. The molecule has 146 valence electrons. The van der Waals surface area contributed by atoms with Crippen molar-refractivity contribution in [2.45, 2.75) is 51.1 Å². The molecule has 1 aromatic carbocycles. The van der Waals surface area contributed by atoms with Crippen LogP contribution in [0.2, 0.25) is 0 Å². The number of hydrogen-bond acceptors (Lipinski definition) is 4. The van der Waals surface area contributed by atoms with Crippen LogP contribution >= 0.6 is 0 Å². The monoisotopic (exact) mass is 368 g/mol. The topological polar surface area (TPSA) is 53.2 Å². The maximum Gasteiger partial charge on any atom is 0.0695 e. The Balaban J connectivity index is 1.42. The van der Waals surface area contributed by atoms with E-state index in [9.17, 15) is 0 Å². The van der Waals surface area contributed by atoms with E-state index in [1.165, 1.54) is 49.0 Å². The molecule has 0 amide bonds. The zero-order valence-electron chi connectivity index (χ0n) is 16.5. The minimum atomic E-state index is 0.256. The Hall–Kier alpha value is -1.69. The van der Waals surface area contributed by atoms with Crippen LogP contribution in [0.4, 0.5) is 0 Å². The number of rotatable bonds is 6. The second kappa shape index (κ2) is 8.55. The molecule has 1 aromatic heterocycles. The molecule has 0 spiro atoms. The van der Waals surface area contributed by atoms with Crippen molar-refractivity contribution in [1.82, 2.24) is 20.4 Å². The molecular weight excluding hydrogens is 336 g/mol. The molecule has 2 aliphatic heterocycles. The van der Waals surface area contributed by atoms with Crippen molar-refractivity contribution in [2.24, 2.45) is 0 Å². The van der Waals surface area contributed by atoms with Crippen LogP contribution in [-0.4, -0.2) is 53.5 Å². The van der Waals surface area contributed by atoms with Crippen LogP contribution in [0.1, 0.15) is 43.2 Å². The van der Waals surface area contributed by atoms with Crippen LogP contribution in [0.5, 0.6) is 0 Å². The summed E-state index contributed by atoms with van der Waals surface area (Å²) in [7, 11) is 0. The van der Waals surface area contributed by atoms with Crippen LogP contribution in [0.3, 0.4) is 0 Å². The van der Waals surface area contributed by atoms with Gasteiger partial charge in [0, 0.05) is 37.4 Å². The second-order valence-corrected chi connectivity index (χ2v) is 8.12. The maximum atomic E-state index is 5.68. The van der Waals surface area contributed by atoms with Crippen LogP contribution in [0, 0.1) is 6.92 Å². The summed E-state index contributed by atoms with van der Waals surface area (Å²) in [6, 6.07) is 8.64. The van der Waals surface area contributed by atoms with Gasteiger partial charge in [-0.1, -0.05) is 36.2 Å². The summed E-state index contributed by atoms with van der Waals surface area (Å²) in [6.45, 7) is 8.24. The first kappa shape index (κ1) is 18.7. The molecule has 5 nitrogen and oxygen atoms in total. The van der Waals surface area contributed by atoms with E-state index in [1.807, 2.05) is 6.20 Å². The number of aromatic nitrogens is 2. The molecule has 5 heteroatoms. The van der Waals surface area contributed by atoms with E-state index < -0.39 is 0 Å². The summed E-state index contributed by atoms with van der Waals surface area (Å²) in [5.74, 6) is 0. The Morgan fingerprint density at radius 1 is 1.11 bits per heavy atom. The van der Waals surface area contributed by atoms with Gasteiger partial charge in [0.15, 0.2) is 0 Å². The lowest BCUT2D eigenvalue weighted by Gasteiger charge is -2.48. The van der Waals surface area contributed by atoms with Gasteiger partial charge in [0.2, 0.25) is 0 Å². The number of H-pyrrole nitrogens is 1. The first-order valence-corrected chi connectivity index (χ1v) is 10.4. The SMILES string of the molecule is Cc1ccc(-c2[nH]ncc2CNCC2(N3CCCCC3)CCOCC2)cc1. The van der Waals surface area contributed by atoms with Crippen molar-refractivity contribution in [3.05, 3.63) is 41.6 Å². The lowest BCUT2D eigenvalue weighted by atomic mass is 9.86. The van der Waals surface area contributed by atoms with Gasteiger partial charge in [-0.3, -0.25) is 10.00 Å². The van der Waals surface area contributed by atoms with Gasteiger partial charge < -0.3 is 10.1 Å². The molecule has 0 saturated carbocycles. The van der Waals surface area contributed by atoms with Crippen molar-refractivity contribution in [1.29, 1.82) is 0 Å². The normalized spacial score (nSPS) is 20.6. The lowest BCUT2D eigenvalue weighted by molar-refractivity contribution is -0.0358. The minimum Gasteiger partial charge on any atom is -0.381 e. The van der Waals surface area contributed by atoms with E-state index >= 15 is 0 Å². The molecule has 0 bridgehead atoms. The fourth-order valence-electron chi connectivity index (χ4n) is 4.57. The van der Waals surface area contributed by atoms with E-state index in [4.69, 9.17) is 4.74 Å². The third kappa shape index (κ3) is 4.26. The fourth-order valence-corrected chi connectivity index (χ4v) is 4.57. The van der Waals surface area contributed by atoms with Crippen LogP contribution in [0.25, 0.3) is 11.3 Å². The Bertz CT molecular complexity index is 712. The number of aryl methyl sites for hydroxylation is 1. The predicted molar refractivity (Wildman–Crippen MR) is 109 cm³/mol. The van der Waals surface area contributed by atoms with Gasteiger partial charge in [-0.05, 0) is 51.3 Å². The predicted octanol–water partition coefficient (Wildman–Crippen LogP) is 3.51. The highest BCUT2D eigenvalue weighted by molar-refractivity contribution is 5.62. The number of piperidine rings is 1. The Morgan fingerprint density at radius 2 is 1.85 bits per heavy atom. The highest BCUT2D eigenvalue weighted by Crippen LogP contribution is 2.30. The Labute approximate surface area is 162 Å². The van der Waals surface area contributed by atoms with Gasteiger partial charge in [-0.2, -0.15) is 5.10 Å². The summed E-state index contributed by atoms with van der Waals surface area (Å²) in [6.07, 6.45) is 8.28. The molecule has 0 atom stereocenters. The summed E-state index contributed by atoms with van der Waals surface area (Å²) in [4.78, 5) is 2.74. The van der Waals surface area contributed by atoms with Crippen molar-refractivity contribution >= 4 is 0 Å². The molecule has 2 aliphatic rings. The van der Waals surface area contributed by atoms with Gasteiger partial charge in [0.25, 0.3) is 0 Å². The zero-order valence-corrected chi connectivity index (χ0v) is 16.5. The van der Waals surface area contributed by atoms with Crippen LogP contribution < -0.4 is 5.32 Å². The number of ether oxygens (including phenoxy) is 1. The Kier molecular flexibility index (Phi) is 5.91. The standard InChI is InChI=1S/C22H32N4O/c1-18-5-7-19(8-6-18)21-20(16-24-25-21)15-23-17-22(9-13-27-14-10-22)26-11-3-2-4-12-26/h5-8,16,23H,2-4,9-15,17H2,1H3,(H,24,25). The zero-order chi connectivity index (χ0) is 18.5. The molecule has 2 saturated heterocycles. The van der Waals surface area contributed by atoms with E-state index in [0.717, 1.165) is 44.8 Å². The first-order chi connectivity index (χ1) is 13.3. The molecule has 4 rings (SSSR count). The number of likely N-dealkylation sites (tertiary alicyclic amines) is 1. The van der Waals surface area contributed by atoms with E-state index in [-0.39, 0.29) is 5.54 Å². The summed E-state index contributed by atoms with van der Waals surface area (Å²) in [5, 5.41) is 11.2. The number of hydrogen-bond donors (Lipinski definition) is 2. The van der Waals surface area contributed by atoms with Crippen molar-refractivity contribution in [3.63, 3.8) is 0 Å². The average molecular weight is 369 g/mol. The van der Waals surface area contributed by atoms with Gasteiger partial charge >= 0.3 is 0 Å². The van der Waals surface area contributed by atoms with Crippen LogP contribution in [0.15, 0.2) is 30.5 Å². The van der Waals surface area contributed by atoms with Gasteiger partial charge in [-0.15, -0.1) is 0 Å². The molecule has 27 heavy (non-hydrogen) atoms. The van der Waals surface area contributed by atoms with E-state index in [2.05, 4.69) is 51.6 Å². The smallest absolute Gasteiger partial charge is 0.0695 e. The first-order valence-electron chi connectivity index (χ1n) is 10.4. The molecule has 0 radical (unpaired) electrons. The molecule has 3 heterocycles. The number of aromatic amines is 1. The number of nitrogens with one attached hydrogen (secondary N) is 2. The average Bonchev–Trinajstić information content (AvgIpc) is 3.18. The highest BCUT2D eigenvalue weighted by Gasteiger charge is 2.38. The van der Waals surface area contributed by atoms with Gasteiger partial charge in [0.1, 0.15) is 0 Å². The summed E-state index contributed by atoms with van der Waals surface area (Å²) < 4.78 is 5.68. The third-order valence-corrected chi connectivity index (χ3v) is 6.28. The maximum absolute atomic E-state index is 5.68. The number of nitrogens with zero attached hydrogens (tertiary/aromatic N) is 2. The van der Waals surface area contributed by atoms with Crippen molar-refractivity contribution < 1.29 is 4.74 Å². The van der Waals surface area contributed by atoms with E-state index in [1.54, 1.807) is 0 Å². The molecule has 2 aromatic rings. The molecule has 2 fully saturated rings. The Morgan fingerprint density at radius 3 is 2.59 bits per heavy atom. The highest BCUT2D eigenvalue weighted by atomic mass is 16.5. The molecule has 0 aliphatic carbocycles. The quantitative estimate of drug-likeness (QED) is 0.819. The van der Waals surface area contributed by atoms with Crippen molar-refractivity contribution in [2.75, 3.05) is 32.8 Å². The molecule has 2 N–H and O–H groups in total. The van der Waals surface area contributed by atoms with E-state index in [0.29, 0.717) is 0 Å². The largest absolute Gasteiger partial charge is 0.381 e. The third-order valence-electron chi connectivity index (χ3n) is 6.28. The summed E-state index contributed by atoms with van der Waals surface area (Å²) in [5.41, 5.74) is 5.10.